The molecule has 3 unspecified atom stereocenters. The fourth-order valence-corrected chi connectivity index (χ4v) is 3.84. The van der Waals surface area contributed by atoms with Gasteiger partial charge in [0.2, 0.25) is 0 Å². The highest BCUT2D eigenvalue weighted by molar-refractivity contribution is 6.00. The standard InChI is InChI=1S/C15H13N5O4/c1-23-15(24-2)14(8-17)11(13(14,7-16)12(18)19-15)9-4-3-5-10(6-9)20(21)22/h3-6,11H,1-2H3,(H2,18,19). The van der Waals surface area contributed by atoms with Gasteiger partial charge in [0.1, 0.15) is 11.3 Å². The van der Waals surface area contributed by atoms with Gasteiger partial charge < -0.3 is 15.2 Å². The first kappa shape index (κ1) is 15.9. The average molecular weight is 327 g/mol. The first-order chi connectivity index (χ1) is 11.4. The molecule has 0 saturated heterocycles. The van der Waals surface area contributed by atoms with Crippen molar-refractivity contribution in [3.05, 3.63) is 39.9 Å². The molecule has 0 amide bonds. The summed E-state index contributed by atoms with van der Waals surface area (Å²) in [6.07, 6.45) is 0. The molecule has 1 aliphatic heterocycles. The Hall–Kier alpha value is -3.01. The van der Waals surface area contributed by atoms with Crippen molar-refractivity contribution in [2.75, 3.05) is 14.2 Å². The maximum Gasteiger partial charge on any atom is 0.292 e. The number of benzene rings is 1. The van der Waals surface area contributed by atoms with Gasteiger partial charge in [-0.15, -0.1) is 0 Å². The zero-order chi connectivity index (χ0) is 17.8. The number of nitro benzene ring substituents is 1. The Kier molecular flexibility index (Phi) is 3.14. The predicted octanol–water partition coefficient (Wildman–Crippen LogP) is 1.03. The minimum atomic E-state index is -1.74. The van der Waals surface area contributed by atoms with Crippen LogP contribution < -0.4 is 5.73 Å². The highest BCUT2D eigenvalue weighted by Gasteiger charge is 2.93. The van der Waals surface area contributed by atoms with E-state index in [1.54, 1.807) is 6.07 Å². The van der Waals surface area contributed by atoms with Crippen LogP contribution in [0, 0.1) is 43.6 Å². The Morgan fingerprint density at radius 3 is 2.50 bits per heavy atom. The van der Waals surface area contributed by atoms with Crippen LogP contribution in [0.2, 0.25) is 0 Å². The van der Waals surface area contributed by atoms with Crippen molar-refractivity contribution in [1.82, 2.24) is 0 Å². The van der Waals surface area contributed by atoms with Crippen molar-refractivity contribution >= 4 is 11.5 Å². The van der Waals surface area contributed by atoms with E-state index in [0.29, 0.717) is 5.56 Å². The Bertz CT molecular complexity index is 850. The molecule has 0 spiro atoms. The van der Waals surface area contributed by atoms with Crippen LogP contribution in [0.25, 0.3) is 0 Å². The molecule has 0 radical (unpaired) electrons. The van der Waals surface area contributed by atoms with Crippen molar-refractivity contribution in [1.29, 1.82) is 10.5 Å². The lowest BCUT2D eigenvalue weighted by atomic mass is 9.93. The number of fused-ring (bicyclic) bond motifs is 1. The molecule has 24 heavy (non-hydrogen) atoms. The van der Waals surface area contributed by atoms with Gasteiger partial charge >= 0.3 is 0 Å². The van der Waals surface area contributed by atoms with E-state index in [1.807, 2.05) is 0 Å². The van der Waals surface area contributed by atoms with Crippen molar-refractivity contribution < 1.29 is 14.4 Å². The minimum Gasteiger partial charge on any atom is -0.386 e. The molecule has 1 aromatic rings. The van der Waals surface area contributed by atoms with Crippen LogP contribution in [0.5, 0.6) is 0 Å². The van der Waals surface area contributed by atoms with E-state index in [-0.39, 0.29) is 11.5 Å². The summed E-state index contributed by atoms with van der Waals surface area (Å²) >= 11 is 0. The molecular weight excluding hydrogens is 314 g/mol. The molecule has 9 nitrogen and oxygen atoms in total. The van der Waals surface area contributed by atoms with Crippen molar-refractivity contribution in [3.8, 4) is 12.1 Å². The molecule has 1 saturated carbocycles. The summed E-state index contributed by atoms with van der Waals surface area (Å²) in [6, 6.07) is 9.91. The summed E-state index contributed by atoms with van der Waals surface area (Å²) in [5, 5.41) is 30.6. The van der Waals surface area contributed by atoms with Gasteiger partial charge in [0.25, 0.3) is 11.6 Å². The monoisotopic (exact) mass is 327 g/mol. The number of hydrogen-bond donors (Lipinski definition) is 1. The molecule has 0 aromatic heterocycles. The number of amidine groups is 1. The van der Waals surface area contributed by atoms with Crippen LogP contribution in [0.1, 0.15) is 11.5 Å². The second-order valence-electron chi connectivity index (χ2n) is 5.61. The summed E-state index contributed by atoms with van der Waals surface area (Å²) < 4.78 is 10.7. The van der Waals surface area contributed by atoms with E-state index in [9.17, 15) is 20.6 Å². The molecular formula is C15H13N5O4. The number of nitro groups is 1. The molecule has 3 atom stereocenters. The van der Waals surface area contributed by atoms with E-state index in [1.165, 1.54) is 32.4 Å². The van der Waals surface area contributed by atoms with E-state index in [4.69, 9.17) is 15.2 Å². The average Bonchev–Trinajstić information content (AvgIpc) is 3.18. The second kappa shape index (κ2) is 4.74. The summed E-state index contributed by atoms with van der Waals surface area (Å²) in [6.45, 7) is 0. The molecule has 1 aliphatic carbocycles. The number of rotatable bonds is 4. The highest BCUT2D eigenvalue weighted by atomic mass is 16.7. The number of nitriles is 2. The predicted molar refractivity (Wildman–Crippen MR) is 80.3 cm³/mol. The van der Waals surface area contributed by atoms with Gasteiger partial charge in [-0.25, -0.2) is 4.99 Å². The number of ether oxygens (including phenoxy) is 2. The van der Waals surface area contributed by atoms with Gasteiger partial charge in [-0.3, -0.25) is 10.1 Å². The van der Waals surface area contributed by atoms with Crippen LogP contribution in [-0.2, 0) is 9.47 Å². The Labute approximate surface area is 137 Å². The first-order valence-electron chi connectivity index (χ1n) is 6.93. The van der Waals surface area contributed by atoms with Crippen LogP contribution >= 0.6 is 0 Å². The fourth-order valence-electron chi connectivity index (χ4n) is 3.84. The number of non-ortho nitro benzene ring substituents is 1. The van der Waals surface area contributed by atoms with Crippen molar-refractivity contribution in [2.24, 2.45) is 21.6 Å². The van der Waals surface area contributed by atoms with Crippen LogP contribution in [-0.4, -0.2) is 30.9 Å². The second-order valence-corrected chi connectivity index (χ2v) is 5.61. The Balaban J connectivity index is 2.24. The van der Waals surface area contributed by atoms with Crippen molar-refractivity contribution in [3.63, 3.8) is 0 Å². The summed E-state index contributed by atoms with van der Waals surface area (Å²) in [7, 11) is 2.60. The maximum absolute atomic E-state index is 11.0. The van der Waals surface area contributed by atoms with Gasteiger partial charge in [0.05, 0.1) is 17.1 Å². The van der Waals surface area contributed by atoms with E-state index >= 15 is 0 Å². The minimum absolute atomic E-state index is 0.0771. The maximum atomic E-state index is 11.0. The molecule has 2 aliphatic rings. The number of hydrogen-bond acceptors (Lipinski definition) is 8. The third-order valence-corrected chi connectivity index (χ3v) is 4.90. The van der Waals surface area contributed by atoms with Crippen LogP contribution in [0.3, 0.4) is 0 Å². The lowest BCUT2D eigenvalue weighted by Crippen LogP contribution is -2.41. The number of methoxy groups -OCH3 is 2. The summed E-state index contributed by atoms with van der Waals surface area (Å²) in [4.78, 5) is 14.6. The molecule has 0 bridgehead atoms. The highest BCUT2D eigenvalue weighted by Crippen LogP contribution is 2.81. The number of nitrogens with two attached hydrogens (primary N) is 1. The quantitative estimate of drug-likeness (QED) is 0.493. The topological polar surface area (TPSA) is 148 Å². The van der Waals surface area contributed by atoms with Gasteiger partial charge in [-0.05, 0) is 5.56 Å². The lowest BCUT2D eigenvalue weighted by molar-refractivity contribution is -0.384. The van der Waals surface area contributed by atoms with E-state index in [2.05, 4.69) is 17.1 Å². The van der Waals surface area contributed by atoms with Crippen LogP contribution in [0.15, 0.2) is 29.3 Å². The first-order valence-corrected chi connectivity index (χ1v) is 6.93. The molecule has 1 heterocycles. The fraction of sp³-hybridized carbons (Fsp3) is 0.400. The number of aliphatic imine (C=N–C) groups is 1. The molecule has 122 valence electrons. The smallest absolute Gasteiger partial charge is 0.292 e. The molecule has 9 heteroatoms. The molecule has 2 N–H and O–H groups in total. The van der Waals surface area contributed by atoms with Gasteiger partial charge in [-0.1, -0.05) is 12.1 Å². The largest absolute Gasteiger partial charge is 0.386 e. The summed E-state index contributed by atoms with van der Waals surface area (Å²) in [5.74, 6) is -2.57. The lowest BCUT2D eigenvalue weighted by Gasteiger charge is -2.29. The molecule has 1 fully saturated rings. The third-order valence-electron chi connectivity index (χ3n) is 4.90. The molecule has 1 aromatic carbocycles. The van der Waals surface area contributed by atoms with E-state index < -0.39 is 27.6 Å². The van der Waals surface area contributed by atoms with Gasteiger partial charge in [-0.2, -0.15) is 10.5 Å². The van der Waals surface area contributed by atoms with Crippen molar-refractivity contribution in [2.45, 2.75) is 11.8 Å². The zero-order valence-corrected chi connectivity index (χ0v) is 12.9. The molecule has 3 rings (SSSR count). The van der Waals surface area contributed by atoms with Gasteiger partial charge in [0.15, 0.2) is 5.41 Å². The third kappa shape index (κ3) is 1.41. The zero-order valence-electron chi connectivity index (χ0n) is 12.9. The number of nitrogens with zero attached hydrogens (tertiary/aromatic N) is 4. The normalized spacial score (nSPS) is 32.2. The Morgan fingerprint density at radius 1 is 1.33 bits per heavy atom. The summed E-state index contributed by atoms with van der Waals surface area (Å²) in [5.41, 5.74) is 3.28. The SMILES string of the molecule is COC1(OC)N=C(N)C2(C#N)C(c3cccc([N+](=O)[O-])c3)C12C#N. The van der Waals surface area contributed by atoms with E-state index in [0.717, 1.165) is 0 Å². The Morgan fingerprint density at radius 2 is 2.00 bits per heavy atom. The van der Waals surface area contributed by atoms with Gasteiger partial charge in [0, 0.05) is 32.3 Å². The van der Waals surface area contributed by atoms with Crippen LogP contribution in [0.4, 0.5) is 5.69 Å².